The predicted molar refractivity (Wildman–Crippen MR) is 66.5 cm³/mol. The molecule has 1 aromatic carbocycles. The number of benzene rings is 1. The van der Waals surface area contributed by atoms with Gasteiger partial charge in [-0.05, 0) is 30.7 Å². The van der Waals surface area contributed by atoms with Gasteiger partial charge in [-0.1, -0.05) is 22.0 Å². The Balaban J connectivity index is 2.80. The van der Waals surface area contributed by atoms with E-state index in [9.17, 15) is 18.0 Å². The molecule has 0 aromatic heterocycles. The lowest BCUT2D eigenvalue weighted by Crippen LogP contribution is -2.17. The first-order valence-electron chi connectivity index (χ1n) is 5.22. The van der Waals surface area contributed by atoms with Gasteiger partial charge >= 0.3 is 12.3 Å². The molecule has 0 radical (unpaired) electrons. The van der Waals surface area contributed by atoms with Gasteiger partial charge in [-0.2, -0.15) is 0 Å². The molecule has 0 aliphatic rings. The van der Waals surface area contributed by atoms with Crippen LogP contribution in [0.5, 0.6) is 5.75 Å². The van der Waals surface area contributed by atoms with E-state index in [2.05, 4.69) is 25.4 Å². The Morgan fingerprint density at radius 2 is 2.11 bits per heavy atom. The normalized spacial score (nSPS) is 11.6. The topological polar surface area (TPSA) is 35.5 Å². The van der Waals surface area contributed by atoms with Gasteiger partial charge in [0.25, 0.3) is 0 Å². The van der Waals surface area contributed by atoms with Crippen LogP contribution < -0.4 is 4.74 Å². The van der Waals surface area contributed by atoms with Crippen LogP contribution in [-0.2, 0) is 9.53 Å². The molecule has 0 N–H and O–H groups in total. The molecular formula is C12H10BrF3O3. The zero-order valence-electron chi connectivity index (χ0n) is 9.83. The van der Waals surface area contributed by atoms with E-state index < -0.39 is 12.3 Å². The number of esters is 1. The molecule has 0 aliphatic carbocycles. The molecular weight excluding hydrogens is 329 g/mol. The standard InChI is InChI=1S/C12H10BrF3O3/c1-2-18-11(17)6-4-8-3-5-9(7-10(8)13)19-12(14,15)16/h3-7H,2H2,1H3. The Hall–Kier alpha value is -1.50. The number of carbonyl (C=O) groups is 1. The Labute approximate surface area is 116 Å². The van der Waals surface area contributed by atoms with Crippen LogP contribution in [0.1, 0.15) is 12.5 Å². The summed E-state index contributed by atoms with van der Waals surface area (Å²) >= 11 is 3.09. The molecule has 0 heterocycles. The molecule has 0 fully saturated rings. The predicted octanol–water partition coefficient (Wildman–Crippen LogP) is 3.92. The Morgan fingerprint density at radius 1 is 1.42 bits per heavy atom. The fourth-order valence-electron chi connectivity index (χ4n) is 1.19. The van der Waals surface area contributed by atoms with Gasteiger partial charge in [0.1, 0.15) is 5.75 Å². The van der Waals surface area contributed by atoms with Gasteiger partial charge in [-0.3, -0.25) is 0 Å². The second-order valence-corrected chi connectivity index (χ2v) is 4.17. The lowest BCUT2D eigenvalue weighted by atomic mass is 10.2. The van der Waals surface area contributed by atoms with Crippen molar-refractivity contribution in [2.45, 2.75) is 13.3 Å². The molecule has 0 bridgehead atoms. The van der Waals surface area contributed by atoms with Crippen molar-refractivity contribution in [2.75, 3.05) is 6.61 Å². The summed E-state index contributed by atoms with van der Waals surface area (Å²) in [5.41, 5.74) is 0.530. The molecule has 0 amide bonds. The van der Waals surface area contributed by atoms with Crippen LogP contribution >= 0.6 is 15.9 Å². The fourth-order valence-corrected chi connectivity index (χ4v) is 1.68. The molecule has 0 saturated heterocycles. The number of halogens is 4. The number of alkyl halides is 3. The van der Waals surface area contributed by atoms with Crippen LogP contribution in [-0.4, -0.2) is 18.9 Å². The number of ether oxygens (including phenoxy) is 2. The van der Waals surface area contributed by atoms with E-state index in [4.69, 9.17) is 0 Å². The highest BCUT2D eigenvalue weighted by atomic mass is 79.9. The Kier molecular flexibility index (Phi) is 5.41. The Morgan fingerprint density at radius 3 is 2.63 bits per heavy atom. The summed E-state index contributed by atoms with van der Waals surface area (Å²) in [6.45, 7) is 1.92. The fraction of sp³-hybridized carbons (Fsp3) is 0.250. The molecule has 0 aliphatic heterocycles. The number of hydrogen-bond donors (Lipinski definition) is 0. The SMILES string of the molecule is CCOC(=O)C=Cc1ccc(OC(F)(F)F)cc1Br. The van der Waals surface area contributed by atoms with Crippen molar-refractivity contribution in [1.82, 2.24) is 0 Å². The van der Waals surface area contributed by atoms with Gasteiger partial charge in [0, 0.05) is 10.5 Å². The average molecular weight is 339 g/mol. The van der Waals surface area contributed by atoms with Crippen molar-refractivity contribution in [3.63, 3.8) is 0 Å². The number of rotatable bonds is 4. The zero-order valence-corrected chi connectivity index (χ0v) is 11.4. The van der Waals surface area contributed by atoms with Crippen molar-refractivity contribution in [1.29, 1.82) is 0 Å². The average Bonchev–Trinajstić information content (AvgIpc) is 2.26. The third-order valence-electron chi connectivity index (χ3n) is 1.89. The van der Waals surface area contributed by atoms with Crippen LogP contribution in [0.3, 0.4) is 0 Å². The zero-order chi connectivity index (χ0) is 14.5. The molecule has 0 spiro atoms. The summed E-state index contributed by atoms with van der Waals surface area (Å²) in [5.74, 6) is -0.863. The largest absolute Gasteiger partial charge is 0.573 e. The van der Waals surface area contributed by atoms with E-state index in [0.717, 1.165) is 12.1 Å². The van der Waals surface area contributed by atoms with Crippen molar-refractivity contribution in [2.24, 2.45) is 0 Å². The maximum Gasteiger partial charge on any atom is 0.573 e. The minimum Gasteiger partial charge on any atom is -0.463 e. The summed E-state index contributed by atoms with van der Waals surface area (Å²) in [6.07, 6.45) is -2.12. The van der Waals surface area contributed by atoms with E-state index in [1.165, 1.54) is 18.2 Å². The molecule has 3 nitrogen and oxygen atoms in total. The lowest BCUT2D eigenvalue weighted by Gasteiger charge is -2.09. The van der Waals surface area contributed by atoms with Crippen molar-refractivity contribution < 1.29 is 27.4 Å². The van der Waals surface area contributed by atoms with Crippen LogP contribution in [0.2, 0.25) is 0 Å². The van der Waals surface area contributed by atoms with Gasteiger partial charge in [0.15, 0.2) is 0 Å². The van der Waals surface area contributed by atoms with Gasteiger partial charge in [-0.15, -0.1) is 13.2 Å². The first kappa shape index (κ1) is 15.6. The van der Waals surface area contributed by atoms with E-state index in [1.807, 2.05) is 0 Å². The van der Waals surface area contributed by atoms with Crippen LogP contribution in [0.4, 0.5) is 13.2 Å². The molecule has 104 valence electrons. The molecule has 7 heteroatoms. The highest BCUT2D eigenvalue weighted by molar-refractivity contribution is 9.10. The first-order valence-corrected chi connectivity index (χ1v) is 6.01. The van der Waals surface area contributed by atoms with Gasteiger partial charge in [0.05, 0.1) is 6.61 Å². The molecule has 0 atom stereocenters. The molecule has 1 rings (SSSR count). The number of carbonyl (C=O) groups excluding carboxylic acids is 1. The highest BCUT2D eigenvalue weighted by Gasteiger charge is 2.31. The summed E-state index contributed by atoms with van der Waals surface area (Å²) < 4.78 is 44.8. The number of hydrogen-bond acceptors (Lipinski definition) is 3. The quantitative estimate of drug-likeness (QED) is 0.616. The molecule has 0 unspecified atom stereocenters. The summed E-state index contributed by atoms with van der Waals surface area (Å²) in [5, 5.41) is 0. The summed E-state index contributed by atoms with van der Waals surface area (Å²) in [7, 11) is 0. The first-order chi connectivity index (χ1) is 8.81. The van der Waals surface area contributed by atoms with Crippen molar-refractivity contribution >= 4 is 28.0 Å². The monoisotopic (exact) mass is 338 g/mol. The van der Waals surface area contributed by atoms with Crippen LogP contribution in [0.15, 0.2) is 28.7 Å². The third kappa shape index (κ3) is 5.78. The molecule has 1 aromatic rings. The molecule has 0 saturated carbocycles. The van der Waals surface area contributed by atoms with E-state index >= 15 is 0 Å². The molecule has 19 heavy (non-hydrogen) atoms. The minimum atomic E-state index is -4.73. The minimum absolute atomic E-state index is 0.253. The summed E-state index contributed by atoms with van der Waals surface area (Å²) in [6, 6.07) is 3.71. The van der Waals surface area contributed by atoms with Crippen molar-refractivity contribution in [3.8, 4) is 5.75 Å². The summed E-state index contributed by atoms with van der Waals surface area (Å²) in [4.78, 5) is 11.1. The highest BCUT2D eigenvalue weighted by Crippen LogP contribution is 2.28. The van der Waals surface area contributed by atoms with E-state index in [1.54, 1.807) is 6.92 Å². The van der Waals surface area contributed by atoms with Gasteiger partial charge < -0.3 is 9.47 Å². The maximum absolute atomic E-state index is 12.0. The lowest BCUT2D eigenvalue weighted by molar-refractivity contribution is -0.274. The smallest absolute Gasteiger partial charge is 0.463 e. The van der Waals surface area contributed by atoms with E-state index in [-0.39, 0.29) is 12.4 Å². The van der Waals surface area contributed by atoms with Gasteiger partial charge in [-0.25, -0.2) is 4.79 Å². The van der Waals surface area contributed by atoms with Crippen LogP contribution in [0, 0.1) is 0 Å². The second-order valence-electron chi connectivity index (χ2n) is 3.32. The van der Waals surface area contributed by atoms with Crippen molar-refractivity contribution in [3.05, 3.63) is 34.3 Å². The Bertz CT molecular complexity index is 484. The van der Waals surface area contributed by atoms with E-state index in [0.29, 0.717) is 10.0 Å². The van der Waals surface area contributed by atoms with Crippen LogP contribution in [0.25, 0.3) is 6.08 Å². The third-order valence-corrected chi connectivity index (χ3v) is 2.58. The second kappa shape index (κ2) is 6.60. The maximum atomic E-state index is 12.0. The van der Waals surface area contributed by atoms with Gasteiger partial charge in [0.2, 0.25) is 0 Å².